The number of likely N-dealkylation sites (tertiary alicyclic amines) is 1. The topological polar surface area (TPSA) is 41.6 Å². The number of nitrogens with zero attached hydrogens (tertiary/aromatic N) is 1. The van der Waals surface area contributed by atoms with Crippen molar-refractivity contribution in [2.75, 3.05) is 20.2 Å². The zero-order valence-electron chi connectivity index (χ0n) is 10.2. The van der Waals surface area contributed by atoms with Crippen LogP contribution in [0.5, 0.6) is 0 Å². The van der Waals surface area contributed by atoms with E-state index >= 15 is 0 Å². The SMILES string of the molecule is CNC1CCCN(C2CCOC(C)C2)C1=O. The Bertz CT molecular complexity index is 257. The van der Waals surface area contributed by atoms with E-state index in [1.807, 2.05) is 7.05 Å². The van der Waals surface area contributed by atoms with E-state index in [4.69, 9.17) is 4.74 Å². The minimum absolute atomic E-state index is 0.0342. The van der Waals surface area contributed by atoms with Crippen molar-refractivity contribution < 1.29 is 9.53 Å². The molecule has 4 heteroatoms. The van der Waals surface area contributed by atoms with Crippen molar-refractivity contribution >= 4 is 5.91 Å². The molecule has 0 aromatic carbocycles. The van der Waals surface area contributed by atoms with E-state index in [1.54, 1.807) is 0 Å². The summed E-state index contributed by atoms with van der Waals surface area (Å²) >= 11 is 0. The summed E-state index contributed by atoms with van der Waals surface area (Å²) in [5.74, 6) is 0.285. The third-order valence-electron chi connectivity index (χ3n) is 3.72. The van der Waals surface area contributed by atoms with E-state index in [0.717, 1.165) is 38.8 Å². The van der Waals surface area contributed by atoms with Crippen molar-refractivity contribution in [2.45, 2.75) is 50.8 Å². The zero-order chi connectivity index (χ0) is 11.5. The molecule has 0 aromatic heterocycles. The van der Waals surface area contributed by atoms with Crippen LogP contribution in [0, 0.1) is 0 Å². The van der Waals surface area contributed by atoms with Gasteiger partial charge in [-0.25, -0.2) is 0 Å². The van der Waals surface area contributed by atoms with E-state index < -0.39 is 0 Å². The maximum Gasteiger partial charge on any atom is 0.239 e. The lowest BCUT2D eigenvalue weighted by Crippen LogP contribution is -2.55. The predicted octanol–water partition coefficient (Wildman–Crippen LogP) is 0.764. The van der Waals surface area contributed by atoms with Crippen LogP contribution in [-0.4, -0.2) is 49.2 Å². The van der Waals surface area contributed by atoms with Gasteiger partial charge < -0.3 is 15.0 Å². The van der Waals surface area contributed by atoms with Gasteiger partial charge in [-0.2, -0.15) is 0 Å². The molecule has 2 saturated heterocycles. The van der Waals surface area contributed by atoms with Crippen LogP contribution in [0.15, 0.2) is 0 Å². The fourth-order valence-electron chi connectivity index (χ4n) is 2.79. The number of hydrogen-bond acceptors (Lipinski definition) is 3. The summed E-state index contributed by atoms with van der Waals surface area (Å²) in [4.78, 5) is 14.3. The second-order valence-corrected chi connectivity index (χ2v) is 4.87. The molecule has 2 aliphatic heterocycles. The molecule has 3 unspecified atom stereocenters. The van der Waals surface area contributed by atoms with Crippen LogP contribution in [0.3, 0.4) is 0 Å². The number of carbonyl (C=O) groups excluding carboxylic acids is 1. The summed E-state index contributed by atoms with van der Waals surface area (Å²) in [7, 11) is 1.87. The molecular formula is C12H22N2O2. The third kappa shape index (κ3) is 2.38. The van der Waals surface area contributed by atoms with Gasteiger partial charge in [-0.05, 0) is 39.7 Å². The van der Waals surface area contributed by atoms with Crippen LogP contribution in [0.4, 0.5) is 0 Å². The van der Waals surface area contributed by atoms with Crippen molar-refractivity contribution in [3.63, 3.8) is 0 Å². The van der Waals surface area contributed by atoms with Crippen LogP contribution >= 0.6 is 0 Å². The van der Waals surface area contributed by atoms with Gasteiger partial charge in [0.2, 0.25) is 5.91 Å². The first kappa shape index (κ1) is 11.9. The molecule has 0 aromatic rings. The second-order valence-electron chi connectivity index (χ2n) is 4.87. The molecule has 1 amide bonds. The first-order chi connectivity index (χ1) is 7.72. The highest BCUT2D eigenvalue weighted by Gasteiger charge is 2.34. The standard InChI is InChI=1S/C12H22N2O2/c1-9-8-10(5-7-16-9)14-6-3-4-11(13-2)12(14)15/h9-11,13H,3-8H2,1-2H3. The van der Waals surface area contributed by atoms with Gasteiger partial charge in [-0.15, -0.1) is 0 Å². The molecule has 92 valence electrons. The van der Waals surface area contributed by atoms with Crippen LogP contribution < -0.4 is 5.32 Å². The summed E-state index contributed by atoms with van der Waals surface area (Å²) in [6.45, 7) is 3.81. The molecule has 2 heterocycles. The highest BCUT2D eigenvalue weighted by atomic mass is 16.5. The number of likely N-dealkylation sites (N-methyl/N-ethyl adjacent to an activating group) is 1. The number of ether oxygens (including phenoxy) is 1. The Morgan fingerprint density at radius 2 is 2.25 bits per heavy atom. The number of carbonyl (C=O) groups is 1. The Morgan fingerprint density at radius 3 is 2.94 bits per heavy atom. The van der Waals surface area contributed by atoms with E-state index in [9.17, 15) is 4.79 Å². The largest absolute Gasteiger partial charge is 0.378 e. The molecule has 2 fully saturated rings. The van der Waals surface area contributed by atoms with Crippen molar-refractivity contribution in [1.29, 1.82) is 0 Å². The minimum atomic E-state index is 0.0342. The summed E-state index contributed by atoms with van der Waals surface area (Å²) in [6, 6.07) is 0.430. The van der Waals surface area contributed by atoms with E-state index in [0.29, 0.717) is 12.1 Å². The smallest absolute Gasteiger partial charge is 0.239 e. The van der Waals surface area contributed by atoms with Crippen LogP contribution in [0.2, 0.25) is 0 Å². The van der Waals surface area contributed by atoms with Gasteiger partial charge >= 0.3 is 0 Å². The Balaban J connectivity index is 1.99. The molecular weight excluding hydrogens is 204 g/mol. The predicted molar refractivity (Wildman–Crippen MR) is 62.2 cm³/mol. The Morgan fingerprint density at radius 1 is 1.44 bits per heavy atom. The number of rotatable bonds is 2. The quantitative estimate of drug-likeness (QED) is 0.756. The monoisotopic (exact) mass is 226 g/mol. The van der Waals surface area contributed by atoms with Gasteiger partial charge in [0.15, 0.2) is 0 Å². The first-order valence-corrected chi connectivity index (χ1v) is 6.31. The molecule has 0 saturated carbocycles. The molecule has 0 radical (unpaired) electrons. The number of piperidine rings is 1. The summed E-state index contributed by atoms with van der Waals surface area (Å²) < 4.78 is 5.53. The highest BCUT2D eigenvalue weighted by Crippen LogP contribution is 2.23. The Labute approximate surface area is 97.3 Å². The molecule has 2 aliphatic rings. The Kier molecular flexibility index (Phi) is 3.82. The third-order valence-corrected chi connectivity index (χ3v) is 3.72. The fourth-order valence-corrected chi connectivity index (χ4v) is 2.79. The van der Waals surface area contributed by atoms with Gasteiger partial charge in [0.05, 0.1) is 12.1 Å². The summed E-state index contributed by atoms with van der Waals surface area (Å²) in [5.41, 5.74) is 0. The molecule has 4 nitrogen and oxygen atoms in total. The zero-order valence-corrected chi connectivity index (χ0v) is 10.2. The van der Waals surface area contributed by atoms with Gasteiger partial charge in [-0.3, -0.25) is 4.79 Å². The average molecular weight is 226 g/mol. The number of hydrogen-bond donors (Lipinski definition) is 1. The molecule has 0 spiro atoms. The molecule has 16 heavy (non-hydrogen) atoms. The molecule has 1 N–H and O–H groups in total. The fraction of sp³-hybridized carbons (Fsp3) is 0.917. The van der Waals surface area contributed by atoms with Gasteiger partial charge in [0.25, 0.3) is 0 Å². The van der Waals surface area contributed by atoms with E-state index in [-0.39, 0.29) is 11.9 Å². The number of nitrogens with one attached hydrogen (secondary N) is 1. The van der Waals surface area contributed by atoms with Crippen molar-refractivity contribution in [3.8, 4) is 0 Å². The van der Waals surface area contributed by atoms with E-state index in [2.05, 4.69) is 17.1 Å². The lowest BCUT2D eigenvalue weighted by atomic mass is 9.97. The summed E-state index contributed by atoms with van der Waals surface area (Å²) in [6.07, 6.45) is 4.36. The van der Waals surface area contributed by atoms with Crippen molar-refractivity contribution in [3.05, 3.63) is 0 Å². The second kappa shape index (κ2) is 5.15. The van der Waals surface area contributed by atoms with Crippen LogP contribution in [-0.2, 0) is 9.53 Å². The molecule has 0 aliphatic carbocycles. The minimum Gasteiger partial charge on any atom is -0.378 e. The van der Waals surface area contributed by atoms with Gasteiger partial charge in [-0.1, -0.05) is 0 Å². The van der Waals surface area contributed by atoms with Gasteiger partial charge in [0.1, 0.15) is 0 Å². The molecule has 0 bridgehead atoms. The van der Waals surface area contributed by atoms with E-state index in [1.165, 1.54) is 0 Å². The van der Waals surface area contributed by atoms with Crippen LogP contribution in [0.25, 0.3) is 0 Å². The lowest BCUT2D eigenvalue weighted by Gasteiger charge is -2.41. The molecule has 3 atom stereocenters. The molecule has 2 rings (SSSR count). The average Bonchev–Trinajstić information content (AvgIpc) is 2.29. The van der Waals surface area contributed by atoms with Crippen molar-refractivity contribution in [2.24, 2.45) is 0 Å². The first-order valence-electron chi connectivity index (χ1n) is 6.31. The lowest BCUT2D eigenvalue weighted by molar-refractivity contribution is -0.141. The highest BCUT2D eigenvalue weighted by molar-refractivity contribution is 5.82. The normalized spacial score (nSPS) is 36.5. The Hall–Kier alpha value is -0.610. The summed E-state index contributed by atoms with van der Waals surface area (Å²) in [5, 5.41) is 3.11. The number of amides is 1. The van der Waals surface area contributed by atoms with Gasteiger partial charge in [0, 0.05) is 19.2 Å². The maximum atomic E-state index is 12.2. The maximum absolute atomic E-state index is 12.2. The van der Waals surface area contributed by atoms with Crippen LogP contribution in [0.1, 0.15) is 32.6 Å². The van der Waals surface area contributed by atoms with Crippen molar-refractivity contribution in [1.82, 2.24) is 10.2 Å².